The van der Waals surface area contributed by atoms with Crippen molar-refractivity contribution in [1.82, 2.24) is 4.98 Å². The maximum absolute atomic E-state index is 12.9. The van der Waals surface area contributed by atoms with E-state index in [1.165, 1.54) is 30.3 Å². The van der Waals surface area contributed by atoms with Crippen LogP contribution < -0.4 is 14.8 Å². The van der Waals surface area contributed by atoms with Crippen molar-refractivity contribution in [2.75, 3.05) is 10.6 Å². The topological polar surface area (TPSA) is 121 Å². The molecule has 0 bridgehead atoms. The number of nitriles is 1. The number of amides is 2. The first-order chi connectivity index (χ1) is 16.7. The summed E-state index contributed by atoms with van der Waals surface area (Å²) in [6, 6.07) is 17.5. The molecule has 3 rings (SSSR count). The fourth-order valence-electron chi connectivity index (χ4n) is 3.00. The second kappa shape index (κ2) is 9.87. The van der Waals surface area contributed by atoms with Gasteiger partial charge in [-0.3, -0.25) is 0 Å². The molecule has 0 spiro atoms. The molecule has 2 aromatic carbocycles. The molecule has 0 atom stereocenters. The predicted octanol–water partition coefficient (Wildman–Crippen LogP) is 5.79. The van der Waals surface area contributed by atoms with E-state index in [0.717, 1.165) is 0 Å². The Morgan fingerprint density at radius 2 is 1.53 bits per heavy atom. The molecule has 36 heavy (non-hydrogen) atoms. The van der Waals surface area contributed by atoms with E-state index < -0.39 is 38.5 Å². The number of hydrogen-bond acceptors (Lipinski definition) is 6. The molecule has 8 nitrogen and oxygen atoms in total. The third kappa shape index (κ3) is 6.11. The maximum Gasteiger partial charge on any atom is 0.534 e. The molecular weight excluding hydrogens is 497 g/mol. The van der Waals surface area contributed by atoms with Gasteiger partial charge >= 0.3 is 21.7 Å². The number of nitrogens with one attached hydrogen (secondary N) is 2. The van der Waals surface area contributed by atoms with Crippen LogP contribution in [0.1, 0.15) is 32.0 Å². The summed E-state index contributed by atoms with van der Waals surface area (Å²) >= 11 is 0. The Morgan fingerprint density at radius 1 is 0.972 bits per heavy atom. The smallest absolute Gasteiger partial charge is 0.354 e. The molecule has 0 fully saturated rings. The van der Waals surface area contributed by atoms with Crippen molar-refractivity contribution in [3.05, 3.63) is 71.9 Å². The average Bonchev–Trinajstić information content (AvgIpc) is 2.78. The monoisotopic (exact) mass is 518 g/mol. The van der Waals surface area contributed by atoms with Gasteiger partial charge in [0.25, 0.3) is 5.88 Å². The van der Waals surface area contributed by atoms with Gasteiger partial charge in [0.2, 0.25) is 0 Å². The average molecular weight is 519 g/mol. The molecule has 1 aromatic heterocycles. The molecule has 188 valence electrons. The van der Waals surface area contributed by atoms with E-state index in [2.05, 4.69) is 19.8 Å². The van der Waals surface area contributed by atoms with Gasteiger partial charge in [-0.1, -0.05) is 51.1 Å². The van der Waals surface area contributed by atoms with E-state index in [0.29, 0.717) is 16.9 Å². The fraction of sp³-hybridized carbons (Fsp3) is 0.208. The van der Waals surface area contributed by atoms with Gasteiger partial charge in [-0.2, -0.15) is 26.9 Å². The molecule has 0 aliphatic rings. The number of alkyl halides is 3. The summed E-state index contributed by atoms with van der Waals surface area (Å²) in [6.07, 6.45) is 0. The second-order valence-electron chi connectivity index (χ2n) is 8.60. The van der Waals surface area contributed by atoms with Crippen LogP contribution in [0.4, 0.5) is 29.3 Å². The summed E-state index contributed by atoms with van der Waals surface area (Å²) in [5.41, 5.74) is -5.25. The highest BCUT2D eigenvalue weighted by atomic mass is 32.2. The summed E-state index contributed by atoms with van der Waals surface area (Å²) in [6.45, 7) is 5.14. The van der Waals surface area contributed by atoms with Gasteiger partial charge in [-0.05, 0) is 35.9 Å². The number of urea groups is 1. The molecule has 3 aromatic rings. The minimum Gasteiger partial charge on any atom is -0.354 e. The zero-order valence-electron chi connectivity index (χ0n) is 19.3. The number of benzene rings is 2. The number of carbonyl (C=O) groups excluding carboxylic acids is 1. The van der Waals surface area contributed by atoms with Crippen molar-refractivity contribution in [3.63, 3.8) is 0 Å². The molecule has 2 amide bonds. The Hall–Kier alpha value is -4.11. The highest BCUT2D eigenvalue weighted by Crippen LogP contribution is 2.36. The van der Waals surface area contributed by atoms with Gasteiger partial charge in [0.15, 0.2) is 0 Å². The quantitative estimate of drug-likeness (QED) is 0.326. The number of pyridine rings is 1. The molecule has 1 heterocycles. The fourth-order valence-corrected chi connectivity index (χ4v) is 3.42. The lowest BCUT2D eigenvalue weighted by Crippen LogP contribution is -2.29. The van der Waals surface area contributed by atoms with Gasteiger partial charge in [0.1, 0.15) is 11.6 Å². The second-order valence-corrected chi connectivity index (χ2v) is 10.1. The number of anilines is 2. The number of para-hydroxylation sites is 1. The van der Waals surface area contributed by atoms with Crippen LogP contribution >= 0.6 is 0 Å². The minimum atomic E-state index is -6.06. The lowest BCUT2D eigenvalue weighted by atomic mass is 9.88. The minimum absolute atomic E-state index is 0.116. The molecule has 0 unspecified atom stereocenters. The van der Waals surface area contributed by atoms with Crippen LogP contribution in [0, 0.1) is 11.3 Å². The number of nitrogens with zero attached hydrogens (tertiary/aromatic N) is 2. The molecule has 0 aliphatic heterocycles. The van der Waals surface area contributed by atoms with Crippen molar-refractivity contribution < 1.29 is 30.6 Å². The van der Waals surface area contributed by atoms with Crippen molar-refractivity contribution in [1.29, 1.82) is 5.26 Å². The summed E-state index contributed by atoms with van der Waals surface area (Å²) in [5.74, 6) is -0.971. The van der Waals surface area contributed by atoms with Crippen molar-refractivity contribution in [2.45, 2.75) is 31.7 Å². The molecular formula is C24H21F3N4O4S. The van der Waals surface area contributed by atoms with E-state index in [1.807, 2.05) is 0 Å². The maximum atomic E-state index is 12.9. The summed E-state index contributed by atoms with van der Waals surface area (Å²) in [7, 11) is -6.06. The van der Waals surface area contributed by atoms with Crippen LogP contribution in [-0.4, -0.2) is 24.9 Å². The summed E-state index contributed by atoms with van der Waals surface area (Å²) in [4.78, 5) is 16.1. The standard InChI is InChI=1S/C24H21F3N4O4S/c1-23(2,3)20-13-18(19(14-28)21(31-20)35-36(33,34)24(25,26)27)15-9-11-17(12-10-15)30-22(32)29-16-7-5-4-6-8-16/h4-13H,1-3H3,(H2,29,30,32). The summed E-state index contributed by atoms with van der Waals surface area (Å²) < 4.78 is 66.3. The Morgan fingerprint density at radius 3 is 2.03 bits per heavy atom. The van der Waals surface area contributed by atoms with Crippen LogP contribution in [-0.2, 0) is 15.5 Å². The lowest BCUT2D eigenvalue weighted by Gasteiger charge is -2.21. The Labute approximate surface area is 205 Å². The van der Waals surface area contributed by atoms with Crippen LogP contribution in [0.2, 0.25) is 0 Å². The van der Waals surface area contributed by atoms with Gasteiger partial charge in [-0.25, -0.2) is 9.78 Å². The first-order valence-corrected chi connectivity index (χ1v) is 11.8. The highest BCUT2D eigenvalue weighted by molar-refractivity contribution is 7.88. The molecule has 0 saturated carbocycles. The number of rotatable bonds is 5. The number of halogens is 3. The summed E-state index contributed by atoms with van der Waals surface area (Å²) in [5, 5.41) is 14.9. The number of carbonyl (C=O) groups is 1. The van der Waals surface area contributed by atoms with E-state index in [4.69, 9.17) is 0 Å². The van der Waals surface area contributed by atoms with Crippen LogP contribution in [0.5, 0.6) is 5.88 Å². The number of aromatic nitrogens is 1. The zero-order valence-corrected chi connectivity index (χ0v) is 20.2. The first kappa shape index (κ1) is 26.5. The Bertz CT molecular complexity index is 1410. The van der Waals surface area contributed by atoms with Gasteiger partial charge in [0.05, 0.1) is 5.69 Å². The molecule has 12 heteroatoms. The van der Waals surface area contributed by atoms with Crippen molar-refractivity contribution in [2.24, 2.45) is 0 Å². The highest BCUT2D eigenvalue weighted by Gasteiger charge is 2.49. The third-order valence-corrected chi connectivity index (χ3v) is 5.77. The third-order valence-electron chi connectivity index (χ3n) is 4.82. The van der Waals surface area contributed by atoms with E-state index in [1.54, 1.807) is 57.2 Å². The predicted molar refractivity (Wildman–Crippen MR) is 128 cm³/mol. The van der Waals surface area contributed by atoms with Crippen molar-refractivity contribution in [3.8, 4) is 23.1 Å². The molecule has 0 radical (unpaired) electrons. The Kier molecular flexibility index (Phi) is 7.26. The lowest BCUT2D eigenvalue weighted by molar-refractivity contribution is -0.0501. The van der Waals surface area contributed by atoms with E-state index in [9.17, 15) is 31.6 Å². The SMILES string of the molecule is CC(C)(C)c1cc(-c2ccc(NC(=O)Nc3ccccc3)cc2)c(C#N)c(OS(=O)(=O)C(F)(F)F)n1. The van der Waals surface area contributed by atoms with E-state index >= 15 is 0 Å². The van der Waals surface area contributed by atoms with Gasteiger partial charge in [0, 0.05) is 22.4 Å². The van der Waals surface area contributed by atoms with E-state index in [-0.39, 0.29) is 11.3 Å². The molecule has 2 N–H and O–H groups in total. The largest absolute Gasteiger partial charge is 0.534 e. The first-order valence-electron chi connectivity index (χ1n) is 10.4. The Balaban J connectivity index is 1.98. The van der Waals surface area contributed by atoms with Crippen molar-refractivity contribution >= 4 is 27.5 Å². The van der Waals surface area contributed by atoms with Crippen LogP contribution in [0.25, 0.3) is 11.1 Å². The zero-order chi connectivity index (χ0) is 26.7. The normalized spacial score (nSPS) is 11.9. The van der Waals surface area contributed by atoms with Crippen LogP contribution in [0.15, 0.2) is 60.7 Å². The van der Waals surface area contributed by atoms with Gasteiger partial charge in [-0.15, -0.1) is 0 Å². The van der Waals surface area contributed by atoms with Gasteiger partial charge < -0.3 is 14.8 Å². The molecule has 0 aliphatic carbocycles. The number of hydrogen-bond donors (Lipinski definition) is 2. The van der Waals surface area contributed by atoms with Crippen LogP contribution in [0.3, 0.4) is 0 Å². The molecule has 0 saturated heterocycles.